The zero-order valence-electron chi connectivity index (χ0n) is 13.1. The lowest BCUT2D eigenvalue weighted by molar-refractivity contribution is 0.242. The van der Waals surface area contributed by atoms with Crippen molar-refractivity contribution in [1.29, 1.82) is 0 Å². The molecular formula is C17H28N2O. The maximum atomic E-state index is 5.72. The minimum Gasteiger partial charge on any atom is -0.491 e. The van der Waals surface area contributed by atoms with E-state index in [9.17, 15) is 0 Å². The van der Waals surface area contributed by atoms with Crippen LogP contribution in [0.3, 0.4) is 0 Å². The Morgan fingerprint density at radius 1 is 1.35 bits per heavy atom. The molecule has 112 valence electrons. The molecule has 0 spiro atoms. The van der Waals surface area contributed by atoms with E-state index in [0.717, 1.165) is 31.4 Å². The van der Waals surface area contributed by atoms with Gasteiger partial charge in [-0.25, -0.2) is 0 Å². The Bertz CT molecular complexity index is 402. The van der Waals surface area contributed by atoms with E-state index in [1.807, 2.05) is 6.07 Å². The van der Waals surface area contributed by atoms with Crippen LogP contribution in [-0.4, -0.2) is 36.7 Å². The summed E-state index contributed by atoms with van der Waals surface area (Å²) in [6, 6.07) is 9.24. The van der Waals surface area contributed by atoms with Crippen molar-refractivity contribution in [3.8, 4) is 5.75 Å². The second-order valence-corrected chi connectivity index (χ2v) is 5.85. The van der Waals surface area contributed by atoms with E-state index in [1.165, 1.54) is 24.9 Å². The van der Waals surface area contributed by atoms with Crippen LogP contribution >= 0.6 is 0 Å². The SMILES string of the molecule is CCN(CCNCc1cccc(OC(C)C)c1)C1CC1. The third kappa shape index (κ3) is 5.14. The van der Waals surface area contributed by atoms with Crippen molar-refractivity contribution in [1.82, 2.24) is 10.2 Å². The quantitative estimate of drug-likeness (QED) is 0.702. The van der Waals surface area contributed by atoms with Gasteiger partial charge in [-0.05, 0) is 50.9 Å². The van der Waals surface area contributed by atoms with Gasteiger partial charge >= 0.3 is 0 Å². The smallest absolute Gasteiger partial charge is 0.120 e. The molecule has 1 aromatic rings. The van der Waals surface area contributed by atoms with Crippen molar-refractivity contribution in [3.05, 3.63) is 29.8 Å². The molecule has 1 saturated carbocycles. The number of hydrogen-bond donors (Lipinski definition) is 1. The van der Waals surface area contributed by atoms with Crippen LogP contribution in [0.2, 0.25) is 0 Å². The van der Waals surface area contributed by atoms with Gasteiger partial charge in [0.2, 0.25) is 0 Å². The minimum absolute atomic E-state index is 0.231. The maximum absolute atomic E-state index is 5.72. The molecule has 2 rings (SSSR count). The van der Waals surface area contributed by atoms with Crippen LogP contribution < -0.4 is 10.1 Å². The molecule has 0 bridgehead atoms. The lowest BCUT2D eigenvalue weighted by atomic mass is 10.2. The lowest BCUT2D eigenvalue weighted by Gasteiger charge is -2.19. The van der Waals surface area contributed by atoms with Gasteiger partial charge in [0.25, 0.3) is 0 Å². The minimum atomic E-state index is 0.231. The van der Waals surface area contributed by atoms with E-state index in [2.05, 4.69) is 49.2 Å². The number of ether oxygens (including phenoxy) is 1. The first kappa shape index (κ1) is 15.3. The molecule has 1 aliphatic carbocycles. The van der Waals surface area contributed by atoms with Crippen molar-refractivity contribution in [2.45, 2.75) is 52.3 Å². The third-order valence-electron chi connectivity index (χ3n) is 3.64. The van der Waals surface area contributed by atoms with Crippen molar-refractivity contribution in [2.75, 3.05) is 19.6 Å². The van der Waals surface area contributed by atoms with Crippen LogP contribution in [0.1, 0.15) is 39.2 Å². The van der Waals surface area contributed by atoms with Gasteiger partial charge in [-0.3, -0.25) is 4.90 Å². The highest BCUT2D eigenvalue weighted by atomic mass is 16.5. The fourth-order valence-corrected chi connectivity index (χ4v) is 2.49. The zero-order valence-corrected chi connectivity index (χ0v) is 13.1. The normalized spacial score (nSPS) is 15.1. The Hall–Kier alpha value is -1.06. The summed E-state index contributed by atoms with van der Waals surface area (Å²) in [5, 5.41) is 3.53. The molecule has 0 unspecified atom stereocenters. The summed E-state index contributed by atoms with van der Waals surface area (Å²) in [7, 11) is 0. The summed E-state index contributed by atoms with van der Waals surface area (Å²) in [5.74, 6) is 0.965. The third-order valence-corrected chi connectivity index (χ3v) is 3.64. The van der Waals surface area contributed by atoms with Crippen LogP contribution in [0.15, 0.2) is 24.3 Å². The van der Waals surface area contributed by atoms with Crippen molar-refractivity contribution >= 4 is 0 Å². The number of nitrogens with one attached hydrogen (secondary N) is 1. The Morgan fingerprint density at radius 3 is 2.80 bits per heavy atom. The molecule has 3 heteroatoms. The molecule has 20 heavy (non-hydrogen) atoms. The molecule has 1 aromatic carbocycles. The van der Waals surface area contributed by atoms with E-state index in [0.29, 0.717) is 0 Å². The first-order valence-electron chi connectivity index (χ1n) is 7.89. The molecule has 0 amide bonds. The summed E-state index contributed by atoms with van der Waals surface area (Å²) < 4.78 is 5.72. The average molecular weight is 276 g/mol. The van der Waals surface area contributed by atoms with Crippen LogP contribution in [-0.2, 0) is 6.54 Å². The number of rotatable bonds is 9. The van der Waals surface area contributed by atoms with Crippen molar-refractivity contribution in [2.24, 2.45) is 0 Å². The van der Waals surface area contributed by atoms with Crippen LogP contribution in [0.4, 0.5) is 0 Å². The second kappa shape index (κ2) is 7.65. The fraction of sp³-hybridized carbons (Fsp3) is 0.647. The van der Waals surface area contributed by atoms with Crippen molar-refractivity contribution < 1.29 is 4.74 Å². The predicted molar refractivity (Wildman–Crippen MR) is 84.2 cm³/mol. The first-order chi connectivity index (χ1) is 9.69. The highest BCUT2D eigenvalue weighted by Crippen LogP contribution is 2.25. The van der Waals surface area contributed by atoms with Gasteiger partial charge in [-0.15, -0.1) is 0 Å². The average Bonchev–Trinajstić information content (AvgIpc) is 3.23. The van der Waals surface area contributed by atoms with Gasteiger partial charge in [0.05, 0.1) is 6.10 Å². The van der Waals surface area contributed by atoms with Crippen LogP contribution in [0.25, 0.3) is 0 Å². The summed E-state index contributed by atoms with van der Waals surface area (Å²) >= 11 is 0. The molecule has 1 fully saturated rings. The first-order valence-corrected chi connectivity index (χ1v) is 7.89. The zero-order chi connectivity index (χ0) is 14.4. The van der Waals surface area contributed by atoms with E-state index >= 15 is 0 Å². The molecule has 3 nitrogen and oxygen atoms in total. The Morgan fingerprint density at radius 2 is 2.15 bits per heavy atom. The molecule has 0 aliphatic heterocycles. The number of hydrogen-bond acceptors (Lipinski definition) is 3. The Labute approximate surface area is 123 Å². The number of likely N-dealkylation sites (N-methyl/N-ethyl adjacent to an activating group) is 1. The predicted octanol–water partition coefficient (Wildman–Crippen LogP) is 3.05. The standard InChI is InChI=1S/C17H28N2O/c1-4-19(16-8-9-16)11-10-18-13-15-6-5-7-17(12-15)20-14(2)3/h5-7,12,14,16,18H,4,8-11,13H2,1-3H3. The maximum Gasteiger partial charge on any atom is 0.120 e. The molecule has 1 N–H and O–H groups in total. The van der Waals surface area contributed by atoms with Crippen molar-refractivity contribution in [3.63, 3.8) is 0 Å². The molecule has 0 aromatic heterocycles. The van der Waals surface area contributed by atoms with Gasteiger partial charge < -0.3 is 10.1 Å². The van der Waals surface area contributed by atoms with E-state index in [4.69, 9.17) is 4.74 Å². The topological polar surface area (TPSA) is 24.5 Å². The highest BCUT2D eigenvalue weighted by Gasteiger charge is 2.26. The van der Waals surface area contributed by atoms with Gasteiger partial charge in [-0.2, -0.15) is 0 Å². The van der Waals surface area contributed by atoms with E-state index in [-0.39, 0.29) is 6.10 Å². The highest BCUT2D eigenvalue weighted by molar-refractivity contribution is 5.28. The molecule has 1 aliphatic rings. The van der Waals surface area contributed by atoms with E-state index in [1.54, 1.807) is 0 Å². The van der Waals surface area contributed by atoms with Crippen LogP contribution in [0.5, 0.6) is 5.75 Å². The summed E-state index contributed by atoms with van der Waals surface area (Å²) in [6.45, 7) is 10.7. The molecule has 0 radical (unpaired) electrons. The van der Waals surface area contributed by atoms with Gasteiger partial charge in [0.15, 0.2) is 0 Å². The number of benzene rings is 1. The summed E-state index contributed by atoms with van der Waals surface area (Å²) in [5.41, 5.74) is 1.29. The molecule has 0 heterocycles. The fourth-order valence-electron chi connectivity index (χ4n) is 2.49. The summed E-state index contributed by atoms with van der Waals surface area (Å²) in [4.78, 5) is 2.57. The van der Waals surface area contributed by atoms with Gasteiger partial charge in [0, 0.05) is 25.7 Å². The summed E-state index contributed by atoms with van der Waals surface area (Å²) in [6.07, 6.45) is 3.01. The monoisotopic (exact) mass is 276 g/mol. The van der Waals surface area contributed by atoms with E-state index < -0.39 is 0 Å². The largest absolute Gasteiger partial charge is 0.491 e. The van der Waals surface area contributed by atoms with Crippen LogP contribution in [0, 0.1) is 0 Å². The molecule has 0 atom stereocenters. The second-order valence-electron chi connectivity index (χ2n) is 5.85. The molecular weight excluding hydrogens is 248 g/mol. The number of nitrogens with zero attached hydrogens (tertiary/aromatic N) is 1. The van der Waals surface area contributed by atoms with Gasteiger partial charge in [-0.1, -0.05) is 19.1 Å². The Kier molecular flexibility index (Phi) is 5.86. The van der Waals surface area contributed by atoms with Gasteiger partial charge in [0.1, 0.15) is 5.75 Å². The molecule has 0 saturated heterocycles. The Balaban J connectivity index is 1.70. The lowest BCUT2D eigenvalue weighted by Crippen LogP contribution is -2.33.